The van der Waals surface area contributed by atoms with Gasteiger partial charge >= 0.3 is 0 Å². The first-order valence-corrected chi connectivity index (χ1v) is 16.6. The number of fused-ring (bicyclic) bond motifs is 6. The summed E-state index contributed by atoms with van der Waals surface area (Å²) in [5.74, 6) is 3.53. The van der Waals surface area contributed by atoms with Crippen molar-refractivity contribution < 1.29 is 4.58 Å². The molecule has 0 bridgehead atoms. The minimum absolute atomic E-state index is 0.0888. The molecule has 0 saturated carbocycles. The first-order chi connectivity index (χ1) is 21.6. The Kier molecular flexibility index (Phi) is 7.30. The van der Waals surface area contributed by atoms with Crippen LogP contribution in [0.4, 0.5) is 5.69 Å². The first-order valence-electron chi connectivity index (χ1n) is 16.2. The summed E-state index contributed by atoms with van der Waals surface area (Å²) in [6, 6.07) is 25.7. The molecule has 4 aliphatic rings. The second-order valence-electron chi connectivity index (χ2n) is 13.9. The minimum Gasteiger partial charge on any atom is -0.347 e. The van der Waals surface area contributed by atoms with Crippen LogP contribution in [0.3, 0.4) is 0 Å². The lowest BCUT2D eigenvalue weighted by Gasteiger charge is -2.29. The molecule has 2 nitrogen and oxygen atoms in total. The Hall–Kier alpha value is -4.06. The van der Waals surface area contributed by atoms with Gasteiger partial charge in [-0.3, -0.25) is 0 Å². The van der Waals surface area contributed by atoms with Crippen molar-refractivity contribution in [3.8, 4) is 12.0 Å². The number of nitrogens with zero attached hydrogens (tertiary/aromatic N) is 2. The molecule has 226 valence electrons. The summed E-state index contributed by atoms with van der Waals surface area (Å²) in [7, 11) is 2.19. The van der Waals surface area contributed by atoms with Crippen LogP contribution in [-0.2, 0) is 5.41 Å². The normalized spacial score (nSPS) is 24.8. The zero-order valence-corrected chi connectivity index (χ0v) is 28.0. The van der Waals surface area contributed by atoms with E-state index in [4.69, 9.17) is 11.6 Å². The molecule has 0 fully saturated rings. The maximum atomic E-state index is 7.21. The van der Waals surface area contributed by atoms with Crippen LogP contribution in [0, 0.1) is 17.4 Å². The number of rotatable bonds is 3. The molecule has 2 aliphatic heterocycles. The molecule has 0 aromatic heterocycles. The van der Waals surface area contributed by atoms with Crippen molar-refractivity contribution in [1.82, 2.24) is 0 Å². The van der Waals surface area contributed by atoms with Crippen LogP contribution in [0.5, 0.6) is 0 Å². The molecule has 7 rings (SSSR count). The summed E-state index contributed by atoms with van der Waals surface area (Å²) in [6.07, 6.45) is 16.8. The van der Waals surface area contributed by atoms with E-state index in [1.54, 1.807) is 0 Å². The third-order valence-corrected chi connectivity index (χ3v) is 11.1. The predicted octanol–water partition coefficient (Wildman–Crippen LogP) is 10.3. The van der Waals surface area contributed by atoms with E-state index in [9.17, 15) is 0 Å². The third kappa shape index (κ3) is 4.67. The number of benzene rings is 3. The molecule has 2 aliphatic carbocycles. The monoisotopic (exact) mass is 609 g/mol. The number of hydrogen-bond acceptors (Lipinski definition) is 1. The smallest absolute Gasteiger partial charge is 0.223 e. The zero-order chi connectivity index (χ0) is 31.5. The Labute approximate surface area is 273 Å². The summed E-state index contributed by atoms with van der Waals surface area (Å²) in [5, 5.41) is 3.51. The highest BCUT2D eigenvalue weighted by Gasteiger charge is 2.55. The van der Waals surface area contributed by atoms with Crippen molar-refractivity contribution in [2.24, 2.45) is 5.41 Å². The van der Waals surface area contributed by atoms with Crippen molar-refractivity contribution in [3.63, 3.8) is 0 Å². The molecule has 2 unspecified atom stereocenters. The number of likely N-dealkylation sites (N-methyl/N-ethyl adjacent to an activating group) is 1. The maximum Gasteiger partial charge on any atom is 0.223 e. The molecule has 2 atom stereocenters. The molecule has 0 radical (unpaired) electrons. The average Bonchev–Trinajstić information content (AvgIpc) is 3.37. The van der Waals surface area contributed by atoms with Crippen LogP contribution in [0.2, 0.25) is 0 Å². The summed E-state index contributed by atoms with van der Waals surface area (Å²) in [4.78, 5) is 2.36. The Bertz CT molecular complexity index is 1980. The van der Waals surface area contributed by atoms with E-state index in [-0.39, 0.29) is 16.9 Å². The Morgan fingerprint density at radius 3 is 2.53 bits per heavy atom. The first kappa shape index (κ1) is 29.6. The van der Waals surface area contributed by atoms with E-state index in [0.717, 1.165) is 24.3 Å². The van der Waals surface area contributed by atoms with E-state index in [0.29, 0.717) is 5.92 Å². The van der Waals surface area contributed by atoms with E-state index < -0.39 is 0 Å². The van der Waals surface area contributed by atoms with Crippen molar-refractivity contribution in [2.45, 2.75) is 71.3 Å². The van der Waals surface area contributed by atoms with Crippen molar-refractivity contribution in [1.29, 1.82) is 0 Å². The highest BCUT2D eigenvalue weighted by atomic mass is 35.5. The lowest BCUT2D eigenvalue weighted by Crippen LogP contribution is -2.31. The highest BCUT2D eigenvalue weighted by Crippen LogP contribution is 2.51. The second kappa shape index (κ2) is 11.1. The van der Waals surface area contributed by atoms with Crippen LogP contribution in [0.25, 0.3) is 16.8 Å². The van der Waals surface area contributed by atoms with Crippen LogP contribution >= 0.6 is 11.6 Å². The fourth-order valence-electron chi connectivity index (χ4n) is 8.44. The molecule has 3 aromatic carbocycles. The standard InChI is InChI=1S/C42H42ClN2/c1-7-27-45-35-24-20-29-14-9-11-18-33(29)39(35)42(4,5)37(45)26-22-31-16-12-15-30(40(31)43)21-25-36-41(2,3)38-32-17-10-8-13-28(32)19-23-34(38)44(36)6/h8-11,13-14,17-26,35,39H,12,15-16H2,1-6H3/q+1. The zero-order valence-electron chi connectivity index (χ0n) is 27.3. The highest BCUT2D eigenvalue weighted by molar-refractivity contribution is 6.32. The lowest BCUT2D eigenvalue weighted by molar-refractivity contribution is -0.459. The van der Waals surface area contributed by atoms with E-state index >= 15 is 0 Å². The number of halogens is 1. The summed E-state index contributed by atoms with van der Waals surface area (Å²) >= 11 is 7.21. The van der Waals surface area contributed by atoms with Crippen LogP contribution < -0.4 is 4.90 Å². The topological polar surface area (TPSA) is 6.25 Å². The lowest BCUT2D eigenvalue weighted by atomic mass is 9.68. The molecule has 0 saturated heterocycles. The van der Waals surface area contributed by atoms with Gasteiger partial charge in [-0.05, 0) is 95.9 Å². The van der Waals surface area contributed by atoms with Crippen LogP contribution in [0.15, 0.2) is 113 Å². The van der Waals surface area contributed by atoms with Crippen molar-refractivity contribution >= 4 is 39.8 Å². The molecular weight excluding hydrogens is 568 g/mol. The van der Waals surface area contributed by atoms with Crippen molar-refractivity contribution in [3.05, 3.63) is 130 Å². The molecule has 0 N–H and O–H groups in total. The van der Waals surface area contributed by atoms with Gasteiger partial charge in [-0.25, -0.2) is 0 Å². The van der Waals surface area contributed by atoms with Gasteiger partial charge in [0.1, 0.15) is 0 Å². The SMILES string of the molecule is CC#C[N+]1=C(/C=C/C2=C(Cl)C(=C/C=C3/N(C)c4ccc5ccccc5c4C3(C)C)/CCC2)C(C)(C)C2c3ccccc3C=CC21. The molecule has 0 spiro atoms. The number of anilines is 1. The summed E-state index contributed by atoms with van der Waals surface area (Å²) < 4.78 is 2.30. The number of hydrogen-bond donors (Lipinski definition) is 0. The average molecular weight is 610 g/mol. The second-order valence-corrected chi connectivity index (χ2v) is 14.3. The van der Waals surface area contributed by atoms with Crippen LogP contribution in [-0.4, -0.2) is 23.4 Å². The van der Waals surface area contributed by atoms with Gasteiger partial charge in [-0.15, -0.1) is 4.58 Å². The molecule has 3 aromatic rings. The fourth-order valence-corrected chi connectivity index (χ4v) is 8.75. The quantitative estimate of drug-likeness (QED) is 0.211. The summed E-state index contributed by atoms with van der Waals surface area (Å²) in [6.45, 7) is 11.4. The third-order valence-electron chi connectivity index (χ3n) is 10.6. The van der Waals surface area contributed by atoms with E-state index in [2.05, 4.69) is 153 Å². The van der Waals surface area contributed by atoms with Gasteiger partial charge in [0.2, 0.25) is 6.04 Å². The van der Waals surface area contributed by atoms with Gasteiger partial charge in [0.15, 0.2) is 11.8 Å². The molecule has 0 amide bonds. The van der Waals surface area contributed by atoms with E-state index in [1.807, 2.05) is 6.92 Å². The van der Waals surface area contributed by atoms with E-state index in [1.165, 1.54) is 55.7 Å². The van der Waals surface area contributed by atoms with Gasteiger partial charge in [0.25, 0.3) is 0 Å². The molecule has 3 heteroatoms. The minimum atomic E-state index is -0.117. The van der Waals surface area contributed by atoms with Gasteiger partial charge < -0.3 is 4.90 Å². The molecule has 45 heavy (non-hydrogen) atoms. The van der Waals surface area contributed by atoms with Crippen molar-refractivity contribution in [2.75, 3.05) is 11.9 Å². The van der Waals surface area contributed by atoms with Crippen LogP contribution in [0.1, 0.15) is 76.5 Å². The van der Waals surface area contributed by atoms with Gasteiger partial charge in [0.05, 0.1) is 11.3 Å². The number of allylic oxidation sites excluding steroid dienone is 8. The Balaban J connectivity index is 1.23. The largest absolute Gasteiger partial charge is 0.347 e. The Morgan fingerprint density at radius 1 is 0.933 bits per heavy atom. The maximum absolute atomic E-state index is 7.21. The summed E-state index contributed by atoms with van der Waals surface area (Å²) in [5.41, 5.74) is 10.2. The van der Waals surface area contributed by atoms with Gasteiger partial charge in [0, 0.05) is 41.9 Å². The fraction of sp³-hybridized carbons (Fsp3) is 0.310. The molecule has 2 heterocycles. The van der Waals surface area contributed by atoms with Gasteiger partial charge in [-0.2, -0.15) is 0 Å². The molecular formula is C42H42ClN2+. The Morgan fingerprint density at radius 2 is 1.71 bits per heavy atom. The predicted molar refractivity (Wildman–Crippen MR) is 192 cm³/mol. The van der Waals surface area contributed by atoms with Gasteiger partial charge in [-0.1, -0.05) is 98.3 Å².